The summed E-state index contributed by atoms with van der Waals surface area (Å²) in [5.41, 5.74) is 0.994. The number of rotatable bonds is 7. The van der Waals surface area contributed by atoms with Crippen molar-refractivity contribution in [2.45, 2.75) is 6.92 Å². The van der Waals surface area contributed by atoms with Gasteiger partial charge in [0, 0.05) is 18.7 Å². The summed E-state index contributed by atoms with van der Waals surface area (Å²) >= 11 is 0. The molecule has 0 amide bonds. The molecule has 0 aliphatic rings. The van der Waals surface area contributed by atoms with Crippen LogP contribution in [-0.4, -0.2) is 24.6 Å². The number of nitro benzene ring substituents is 1. The zero-order valence-corrected chi connectivity index (χ0v) is 9.81. The molecule has 92 valence electrons. The standard InChI is InChI=1S/C12H16N2O3/c1-3-13-8-10(2)9-17-12-6-4-11(5-7-12)14(15)16/h4-7,13H,2-3,8-9H2,1H3. The summed E-state index contributed by atoms with van der Waals surface area (Å²) in [6.07, 6.45) is 0. The van der Waals surface area contributed by atoms with Crippen molar-refractivity contribution >= 4 is 5.69 Å². The van der Waals surface area contributed by atoms with Crippen molar-refractivity contribution in [3.63, 3.8) is 0 Å². The van der Waals surface area contributed by atoms with Gasteiger partial charge < -0.3 is 10.1 Å². The highest BCUT2D eigenvalue weighted by molar-refractivity contribution is 5.36. The molecule has 0 saturated carbocycles. The van der Waals surface area contributed by atoms with Gasteiger partial charge in [0.15, 0.2) is 0 Å². The van der Waals surface area contributed by atoms with Crippen molar-refractivity contribution in [3.8, 4) is 5.75 Å². The van der Waals surface area contributed by atoms with Gasteiger partial charge in [-0.1, -0.05) is 13.5 Å². The lowest BCUT2D eigenvalue weighted by molar-refractivity contribution is -0.384. The van der Waals surface area contributed by atoms with Crippen LogP contribution in [0.5, 0.6) is 5.75 Å². The lowest BCUT2D eigenvalue weighted by Gasteiger charge is -2.08. The molecule has 5 nitrogen and oxygen atoms in total. The molecule has 0 aromatic heterocycles. The first kappa shape index (κ1) is 13.2. The Labute approximate surface area is 100 Å². The van der Waals surface area contributed by atoms with Gasteiger partial charge in [-0.25, -0.2) is 0 Å². The Morgan fingerprint density at radius 1 is 1.47 bits per heavy atom. The zero-order valence-electron chi connectivity index (χ0n) is 9.81. The van der Waals surface area contributed by atoms with Gasteiger partial charge in [-0.05, 0) is 24.3 Å². The van der Waals surface area contributed by atoms with Crippen molar-refractivity contribution in [2.24, 2.45) is 0 Å². The van der Waals surface area contributed by atoms with Crippen LogP contribution in [0, 0.1) is 10.1 Å². The van der Waals surface area contributed by atoms with Crippen molar-refractivity contribution in [2.75, 3.05) is 19.7 Å². The maximum atomic E-state index is 10.4. The number of ether oxygens (including phenoxy) is 1. The van der Waals surface area contributed by atoms with E-state index in [1.165, 1.54) is 12.1 Å². The summed E-state index contributed by atoms with van der Waals surface area (Å²) in [5, 5.41) is 13.6. The van der Waals surface area contributed by atoms with Crippen LogP contribution in [0.15, 0.2) is 36.4 Å². The smallest absolute Gasteiger partial charge is 0.269 e. The average molecular weight is 236 g/mol. The predicted molar refractivity (Wildman–Crippen MR) is 66.3 cm³/mol. The van der Waals surface area contributed by atoms with Crippen LogP contribution in [0.2, 0.25) is 0 Å². The van der Waals surface area contributed by atoms with E-state index in [1.807, 2.05) is 6.92 Å². The second-order valence-corrected chi connectivity index (χ2v) is 3.57. The molecule has 1 N–H and O–H groups in total. The molecule has 5 heteroatoms. The fraction of sp³-hybridized carbons (Fsp3) is 0.333. The van der Waals surface area contributed by atoms with E-state index in [2.05, 4.69) is 11.9 Å². The highest BCUT2D eigenvalue weighted by atomic mass is 16.6. The SMILES string of the molecule is C=C(CNCC)COc1ccc([N+](=O)[O-])cc1. The predicted octanol–water partition coefficient (Wildman–Crippen LogP) is 2.14. The molecule has 1 aromatic carbocycles. The van der Waals surface area contributed by atoms with E-state index in [-0.39, 0.29) is 5.69 Å². The molecule has 0 heterocycles. The molecular weight excluding hydrogens is 220 g/mol. The Kier molecular flexibility index (Phi) is 5.16. The molecule has 0 aliphatic heterocycles. The third-order valence-electron chi connectivity index (χ3n) is 2.12. The van der Waals surface area contributed by atoms with E-state index < -0.39 is 4.92 Å². The number of nitrogens with zero attached hydrogens (tertiary/aromatic N) is 1. The minimum absolute atomic E-state index is 0.0591. The lowest BCUT2D eigenvalue weighted by Crippen LogP contribution is -2.18. The Morgan fingerprint density at radius 3 is 2.65 bits per heavy atom. The molecule has 0 fully saturated rings. The van der Waals surface area contributed by atoms with Crippen LogP contribution in [0.4, 0.5) is 5.69 Å². The first-order valence-electron chi connectivity index (χ1n) is 5.38. The Balaban J connectivity index is 2.42. The molecule has 0 aliphatic carbocycles. The lowest BCUT2D eigenvalue weighted by atomic mass is 10.3. The summed E-state index contributed by atoms with van der Waals surface area (Å²) in [6, 6.07) is 6.00. The summed E-state index contributed by atoms with van der Waals surface area (Å²) in [7, 11) is 0. The van der Waals surface area contributed by atoms with E-state index in [9.17, 15) is 10.1 Å². The number of nitro groups is 1. The Bertz CT molecular complexity index is 387. The molecular formula is C12H16N2O3. The number of hydrogen-bond acceptors (Lipinski definition) is 4. The Hall–Kier alpha value is -1.88. The van der Waals surface area contributed by atoms with Crippen molar-refractivity contribution < 1.29 is 9.66 Å². The minimum atomic E-state index is -0.437. The maximum Gasteiger partial charge on any atom is 0.269 e. The summed E-state index contributed by atoms with van der Waals surface area (Å²) in [5.74, 6) is 0.605. The quantitative estimate of drug-likeness (QED) is 0.447. The van der Waals surface area contributed by atoms with Gasteiger partial charge in [0.05, 0.1) is 4.92 Å². The number of non-ortho nitro benzene ring substituents is 1. The minimum Gasteiger partial charge on any atom is -0.489 e. The number of hydrogen-bond donors (Lipinski definition) is 1. The van der Waals surface area contributed by atoms with Gasteiger partial charge in [-0.15, -0.1) is 0 Å². The van der Waals surface area contributed by atoms with Gasteiger partial charge >= 0.3 is 0 Å². The topological polar surface area (TPSA) is 64.4 Å². The second-order valence-electron chi connectivity index (χ2n) is 3.57. The number of benzene rings is 1. The van der Waals surface area contributed by atoms with Gasteiger partial charge in [-0.2, -0.15) is 0 Å². The highest BCUT2D eigenvalue weighted by Gasteiger charge is 2.04. The van der Waals surface area contributed by atoms with E-state index >= 15 is 0 Å². The molecule has 0 saturated heterocycles. The van der Waals surface area contributed by atoms with Crippen LogP contribution in [-0.2, 0) is 0 Å². The fourth-order valence-corrected chi connectivity index (χ4v) is 1.20. The first-order chi connectivity index (χ1) is 8.13. The maximum absolute atomic E-state index is 10.4. The molecule has 0 radical (unpaired) electrons. The van der Waals surface area contributed by atoms with Crippen molar-refractivity contribution in [3.05, 3.63) is 46.5 Å². The molecule has 0 atom stereocenters. The number of nitrogens with one attached hydrogen (secondary N) is 1. The molecule has 1 rings (SSSR count). The summed E-state index contributed by atoms with van der Waals surface area (Å²) in [6.45, 7) is 7.88. The van der Waals surface area contributed by atoms with Crippen LogP contribution in [0.25, 0.3) is 0 Å². The van der Waals surface area contributed by atoms with E-state index in [1.54, 1.807) is 12.1 Å². The molecule has 17 heavy (non-hydrogen) atoms. The molecule has 0 bridgehead atoms. The first-order valence-corrected chi connectivity index (χ1v) is 5.38. The second kappa shape index (κ2) is 6.65. The zero-order chi connectivity index (χ0) is 12.7. The van der Waals surface area contributed by atoms with Gasteiger partial charge in [0.2, 0.25) is 0 Å². The molecule has 0 spiro atoms. The van der Waals surface area contributed by atoms with Crippen LogP contribution in [0.3, 0.4) is 0 Å². The summed E-state index contributed by atoms with van der Waals surface area (Å²) in [4.78, 5) is 10.0. The average Bonchev–Trinajstić information content (AvgIpc) is 2.34. The molecule has 0 unspecified atom stereocenters. The molecule has 1 aromatic rings. The van der Waals surface area contributed by atoms with E-state index in [0.29, 0.717) is 18.9 Å². The summed E-state index contributed by atoms with van der Waals surface area (Å²) < 4.78 is 5.44. The van der Waals surface area contributed by atoms with E-state index in [0.717, 1.165) is 12.1 Å². The normalized spacial score (nSPS) is 9.94. The monoisotopic (exact) mass is 236 g/mol. The Morgan fingerprint density at radius 2 is 2.12 bits per heavy atom. The highest BCUT2D eigenvalue weighted by Crippen LogP contribution is 2.17. The van der Waals surface area contributed by atoms with Gasteiger partial charge in [0.1, 0.15) is 12.4 Å². The third-order valence-corrected chi connectivity index (χ3v) is 2.12. The van der Waals surface area contributed by atoms with Crippen LogP contribution in [0.1, 0.15) is 6.92 Å². The third kappa shape index (κ3) is 4.65. The van der Waals surface area contributed by atoms with Gasteiger partial charge in [0.25, 0.3) is 5.69 Å². The largest absolute Gasteiger partial charge is 0.489 e. The number of likely N-dealkylation sites (N-methyl/N-ethyl adjacent to an activating group) is 1. The van der Waals surface area contributed by atoms with E-state index in [4.69, 9.17) is 4.74 Å². The van der Waals surface area contributed by atoms with Gasteiger partial charge in [-0.3, -0.25) is 10.1 Å². The van der Waals surface area contributed by atoms with Crippen molar-refractivity contribution in [1.82, 2.24) is 5.32 Å². The van der Waals surface area contributed by atoms with Crippen molar-refractivity contribution in [1.29, 1.82) is 0 Å². The van der Waals surface area contributed by atoms with Crippen LogP contribution >= 0.6 is 0 Å². The van der Waals surface area contributed by atoms with Crippen LogP contribution < -0.4 is 10.1 Å². The fourth-order valence-electron chi connectivity index (χ4n) is 1.20.